The number of morpholine rings is 1. The van der Waals surface area contributed by atoms with Crippen molar-refractivity contribution in [3.05, 3.63) is 63.6 Å². The zero-order valence-corrected chi connectivity index (χ0v) is 22.8. The highest BCUT2D eigenvalue weighted by Gasteiger charge is 2.38. The van der Waals surface area contributed by atoms with Gasteiger partial charge in [0.25, 0.3) is 5.91 Å². The van der Waals surface area contributed by atoms with Crippen molar-refractivity contribution < 1.29 is 42.2 Å². The summed E-state index contributed by atoms with van der Waals surface area (Å²) in [4.78, 5) is 47.9. The van der Waals surface area contributed by atoms with Gasteiger partial charge >= 0.3 is 12.1 Å². The van der Waals surface area contributed by atoms with Crippen LogP contribution < -0.4 is 16.4 Å². The first-order valence-electron chi connectivity index (χ1n) is 11.7. The smallest absolute Gasteiger partial charge is 0.475 e. The quantitative estimate of drug-likeness (QED) is 0.178. The number of ether oxygens (including phenoxy) is 1. The average Bonchev–Trinajstić information content (AvgIpc) is 2.88. The molecule has 0 bridgehead atoms. The Kier molecular flexibility index (Phi) is 11.6. The number of anilines is 1. The average molecular weight is 630 g/mol. The van der Waals surface area contributed by atoms with Crippen molar-refractivity contribution in [1.29, 1.82) is 5.41 Å². The number of amides is 3. The van der Waals surface area contributed by atoms with E-state index >= 15 is 0 Å². The zero-order valence-electron chi connectivity index (χ0n) is 21.2. The summed E-state index contributed by atoms with van der Waals surface area (Å²) in [5, 5.41) is 19.9. The molecule has 1 aliphatic rings. The minimum atomic E-state index is -5.08. The number of nitrogens with one attached hydrogen (secondary N) is 3. The highest BCUT2D eigenvalue weighted by molar-refractivity contribution is 9.10. The molecular formula is C25H27BrF3N5O6. The predicted octanol–water partition coefficient (Wildman–Crippen LogP) is 3.04. The fourth-order valence-corrected chi connectivity index (χ4v) is 3.94. The van der Waals surface area contributed by atoms with Gasteiger partial charge in [-0.2, -0.15) is 13.2 Å². The predicted molar refractivity (Wildman–Crippen MR) is 142 cm³/mol. The Morgan fingerprint density at radius 2 is 1.68 bits per heavy atom. The van der Waals surface area contributed by atoms with Gasteiger partial charge in [0.15, 0.2) is 0 Å². The monoisotopic (exact) mass is 629 g/mol. The van der Waals surface area contributed by atoms with Crippen LogP contribution >= 0.6 is 15.9 Å². The van der Waals surface area contributed by atoms with E-state index in [0.29, 0.717) is 47.6 Å². The summed E-state index contributed by atoms with van der Waals surface area (Å²) >= 11 is 3.46. The number of nitrogens with two attached hydrogens (primary N) is 1. The highest BCUT2D eigenvalue weighted by Crippen LogP contribution is 2.24. The second-order valence-electron chi connectivity index (χ2n) is 8.45. The van der Waals surface area contributed by atoms with Crippen LogP contribution in [-0.4, -0.2) is 72.0 Å². The second kappa shape index (κ2) is 14.4. The molecule has 11 nitrogen and oxygen atoms in total. The maximum absolute atomic E-state index is 12.7. The van der Waals surface area contributed by atoms with Gasteiger partial charge in [0, 0.05) is 28.8 Å². The lowest BCUT2D eigenvalue weighted by Gasteiger charge is -2.27. The highest BCUT2D eigenvalue weighted by atomic mass is 79.9. The molecule has 216 valence electrons. The van der Waals surface area contributed by atoms with Crippen LogP contribution in [-0.2, 0) is 19.1 Å². The van der Waals surface area contributed by atoms with Crippen molar-refractivity contribution in [2.24, 2.45) is 5.73 Å². The Labute approximate surface area is 235 Å². The standard InChI is InChI=1S/C23H26BrN5O4.C2HF3O2/c1-14(16-4-7-18(19(24)12-16)23(32)29-8-10-33-11-9-29)27-20(30)13-21(31)28-17-5-2-15(3-6-17)22(25)26;3-2(4,5)1(6)7/h2-7,12,14H,8-11,13H2,1H3,(H3,25,26)(H,27,30)(H,28,31);(H,6,7). The van der Waals surface area contributed by atoms with Crippen LogP contribution in [0.1, 0.15) is 40.9 Å². The Bertz CT molecular complexity index is 1250. The summed E-state index contributed by atoms with van der Waals surface area (Å²) in [6, 6.07) is 11.4. The summed E-state index contributed by atoms with van der Waals surface area (Å²) in [6.07, 6.45) is -5.42. The van der Waals surface area contributed by atoms with Gasteiger partial charge in [-0.15, -0.1) is 0 Å². The first-order valence-corrected chi connectivity index (χ1v) is 12.5. The number of benzene rings is 2. The van der Waals surface area contributed by atoms with Gasteiger partial charge < -0.3 is 31.1 Å². The minimum Gasteiger partial charge on any atom is -0.475 e. The van der Waals surface area contributed by atoms with Crippen LogP contribution in [0.25, 0.3) is 0 Å². The van der Waals surface area contributed by atoms with E-state index in [2.05, 4.69) is 26.6 Å². The van der Waals surface area contributed by atoms with E-state index in [9.17, 15) is 27.6 Å². The van der Waals surface area contributed by atoms with Crippen LogP contribution in [0.15, 0.2) is 46.9 Å². The summed E-state index contributed by atoms with van der Waals surface area (Å²) in [7, 11) is 0. The zero-order chi connectivity index (χ0) is 30.0. The fourth-order valence-electron chi connectivity index (χ4n) is 3.37. The molecule has 0 aliphatic carbocycles. The van der Waals surface area contributed by atoms with Gasteiger partial charge in [-0.05, 0) is 64.8 Å². The third kappa shape index (κ3) is 9.96. The van der Waals surface area contributed by atoms with Crippen LogP contribution in [0, 0.1) is 5.41 Å². The molecule has 1 fully saturated rings. The van der Waals surface area contributed by atoms with Gasteiger partial charge in [-0.1, -0.05) is 6.07 Å². The summed E-state index contributed by atoms with van der Waals surface area (Å²) < 4.78 is 37.7. The number of nitrogens with zero attached hydrogens (tertiary/aromatic N) is 1. The van der Waals surface area contributed by atoms with Crippen molar-refractivity contribution in [1.82, 2.24) is 10.2 Å². The normalized spacial score (nSPS) is 13.8. The lowest BCUT2D eigenvalue weighted by Crippen LogP contribution is -2.40. The number of carbonyl (C=O) groups is 4. The number of carbonyl (C=O) groups excluding carboxylic acids is 3. The Morgan fingerprint density at radius 3 is 2.17 bits per heavy atom. The van der Waals surface area contributed by atoms with Crippen LogP contribution in [0.3, 0.4) is 0 Å². The maximum atomic E-state index is 12.7. The van der Waals surface area contributed by atoms with Crippen molar-refractivity contribution >= 4 is 51.1 Å². The van der Waals surface area contributed by atoms with Gasteiger partial charge in [-0.25, -0.2) is 4.79 Å². The molecule has 2 aromatic carbocycles. The molecule has 3 rings (SSSR count). The number of hydrogen-bond donors (Lipinski definition) is 5. The third-order valence-corrected chi connectivity index (χ3v) is 6.10. The molecule has 2 aromatic rings. The van der Waals surface area contributed by atoms with Crippen molar-refractivity contribution in [3.8, 4) is 0 Å². The van der Waals surface area contributed by atoms with Gasteiger partial charge in [0.1, 0.15) is 12.3 Å². The van der Waals surface area contributed by atoms with Gasteiger partial charge in [0.05, 0.1) is 24.8 Å². The maximum Gasteiger partial charge on any atom is 0.490 e. The first-order chi connectivity index (χ1) is 18.7. The van der Waals surface area contributed by atoms with E-state index < -0.39 is 24.0 Å². The van der Waals surface area contributed by atoms with Crippen LogP contribution in [0.2, 0.25) is 0 Å². The number of halogens is 4. The minimum absolute atomic E-state index is 0.0635. The topological polar surface area (TPSA) is 175 Å². The number of rotatable bonds is 7. The molecule has 40 heavy (non-hydrogen) atoms. The van der Waals surface area contributed by atoms with Crippen molar-refractivity contribution in [2.75, 3.05) is 31.6 Å². The molecule has 0 radical (unpaired) electrons. The number of amidine groups is 1. The molecule has 6 N–H and O–H groups in total. The van der Waals surface area contributed by atoms with E-state index in [1.165, 1.54) is 0 Å². The Hall–Kier alpha value is -3.98. The Morgan fingerprint density at radius 1 is 1.10 bits per heavy atom. The van der Waals surface area contributed by atoms with Crippen LogP contribution in [0.5, 0.6) is 0 Å². The number of carboxylic acid groups (broad SMARTS) is 1. The molecule has 1 atom stereocenters. The lowest BCUT2D eigenvalue weighted by atomic mass is 10.0. The largest absolute Gasteiger partial charge is 0.490 e. The van der Waals surface area contributed by atoms with Gasteiger partial charge in [-0.3, -0.25) is 19.8 Å². The molecule has 0 aromatic heterocycles. The summed E-state index contributed by atoms with van der Waals surface area (Å²) in [5.74, 6) is -3.77. The second-order valence-corrected chi connectivity index (χ2v) is 9.31. The van der Waals surface area contributed by atoms with E-state index in [4.69, 9.17) is 25.8 Å². The number of nitrogen functional groups attached to an aromatic ring is 1. The molecule has 0 saturated carbocycles. The fraction of sp³-hybridized carbons (Fsp3) is 0.320. The van der Waals surface area contributed by atoms with E-state index in [1.54, 1.807) is 47.4 Å². The molecule has 3 amide bonds. The number of carboxylic acids is 1. The Balaban J connectivity index is 0.000000708. The SMILES string of the molecule is CC(NC(=O)CC(=O)Nc1ccc(C(=N)N)cc1)c1ccc(C(=O)N2CCOCC2)c(Br)c1.O=C(O)C(F)(F)F. The number of hydrogen-bond acceptors (Lipinski definition) is 6. The van der Waals surface area contributed by atoms with Crippen molar-refractivity contribution in [2.45, 2.75) is 25.6 Å². The summed E-state index contributed by atoms with van der Waals surface area (Å²) in [6.45, 7) is 3.98. The lowest BCUT2D eigenvalue weighted by molar-refractivity contribution is -0.192. The molecule has 0 spiro atoms. The van der Waals surface area contributed by atoms with E-state index in [-0.39, 0.29) is 24.2 Å². The molecule has 1 saturated heterocycles. The first kappa shape index (κ1) is 32.2. The van der Waals surface area contributed by atoms with Gasteiger partial charge in [0.2, 0.25) is 11.8 Å². The van der Waals surface area contributed by atoms with Crippen LogP contribution in [0.4, 0.5) is 18.9 Å². The molecule has 1 unspecified atom stereocenters. The van der Waals surface area contributed by atoms with Crippen molar-refractivity contribution in [3.63, 3.8) is 0 Å². The molecular weight excluding hydrogens is 603 g/mol. The third-order valence-electron chi connectivity index (χ3n) is 5.44. The molecule has 1 heterocycles. The summed E-state index contributed by atoms with van der Waals surface area (Å²) in [5.41, 5.74) is 7.81. The van der Waals surface area contributed by atoms with E-state index in [1.807, 2.05) is 6.92 Å². The molecule has 1 aliphatic heterocycles. The number of aliphatic carboxylic acids is 1. The van der Waals surface area contributed by atoms with E-state index in [0.717, 1.165) is 5.56 Å². The number of alkyl halides is 3. The molecule has 15 heteroatoms.